The molecule has 2 aromatic heterocycles. The van der Waals surface area contributed by atoms with Crippen LogP contribution in [0.5, 0.6) is 0 Å². The number of nitrogens with one attached hydrogen (secondary N) is 1. The maximum Gasteiger partial charge on any atom is 0.268 e. The number of thiazole rings is 1. The molecule has 3 N–H and O–H groups in total. The predicted octanol–water partition coefficient (Wildman–Crippen LogP) is 2.44. The molecule has 0 aliphatic carbocycles. The summed E-state index contributed by atoms with van der Waals surface area (Å²) in [7, 11) is 0. The third-order valence-corrected chi connectivity index (χ3v) is 3.58. The number of nitrogens with zero attached hydrogens (tertiary/aromatic N) is 2. The Bertz CT molecular complexity index is 569. The van der Waals surface area contributed by atoms with Gasteiger partial charge in [0.05, 0.1) is 27.6 Å². The van der Waals surface area contributed by atoms with Gasteiger partial charge in [0.15, 0.2) is 0 Å². The molecule has 17 heavy (non-hydrogen) atoms. The molecule has 2 rings (SSSR count). The second-order valence-electron chi connectivity index (χ2n) is 3.32. The van der Waals surface area contributed by atoms with Gasteiger partial charge in [-0.2, -0.15) is 0 Å². The summed E-state index contributed by atoms with van der Waals surface area (Å²) in [5.41, 5.74) is 8.44. The molecule has 5 nitrogen and oxygen atoms in total. The lowest BCUT2D eigenvalue weighted by Crippen LogP contribution is -2.13. The van der Waals surface area contributed by atoms with Gasteiger partial charge in [-0.1, -0.05) is 0 Å². The quantitative estimate of drug-likeness (QED) is 0.892. The third kappa shape index (κ3) is 2.62. The van der Waals surface area contributed by atoms with Crippen molar-refractivity contribution in [2.24, 2.45) is 0 Å². The molecule has 2 heterocycles. The van der Waals surface area contributed by atoms with Gasteiger partial charge in [0, 0.05) is 0 Å². The van der Waals surface area contributed by atoms with Crippen LogP contribution in [0, 0.1) is 6.92 Å². The van der Waals surface area contributed by atoms with E-state index in [-0.39, 0.29) is 5.91 Å². The molecule has 0 unspecified atom stereocenters. The number of hydrogen-bond acceptors (Lipinski definition) is 5. The second kappa shape index (κ2) is 4.80. The van der Waals surface area contributed by atoms with Crippen molar-refractivity contribution in [2.75, 3.05) is 11.1 Å². The zero-order chi connectivity index (χ0) is 12.4. The number of anilines is 2. The van der Waals surface area contributed by atoms with E-state index in [4.69, 9.17) is 5.73 Å². The molecular weight excluding hydrogens is 304 g/mol. The predicted molar refractivity (Wildman–Crippen MR) is 71.2 cm³/mol. The molecule has 0 saturated heterocycles. The summed E-state index contributed by atoms with van der Waals surface area (Å²) in [5, 5.41) is 2.70. The first kappa shape index (κ1) is 12.0. The first-order valence-electron chi connectivity index (χ1n) is 4.70. The van der Waals surface area contributed by atoms with Crippen LogP contribution in [-0.4, -0.2) is 15.9 Å². The fraction of sp³-hybridized carbons (Fsp3) is 0.100. The van der Waals surface area contributed by atoms with Crippen LogP contribution in [0.4, 0.5) is 11.5 Å². The molecule has 0 aliphatic rings. The second-order valence-corrected chi connectivity index (χ2v) is 5.03. The molecule has 0 aliphatic heterocycles. The zero-order valence-electron chi connectivity index (χ0n) is 8.90. The summed E-state index contributed by atoms with van der Waals surface area (Å²) >= 11 is 4.58. The topological polar surface area (TPSA) is 80.9 Å². The highest BCUT2D eigenvalue weighted by atomic mass is 79.9. The SMILES string of the molecule is Cc1ncsc1C(=O)Nc1ncc(N)cc1Br. The fourth-order valence-electron chi connectivity index (χ4n) is 1.23. The van der Waals surface area contributed by atoms with Crippen molar-refractivity contribution in [2.45, 2.75) is 6.92 Å². The van der Waals surface area contributed by atoms with Crippen molar-refractivity contribution >= 4 is 44.7 Å². The number of nitrogen functional groups attached to an aromatic ring is 1. The summed E-state index contributed by atoms with van der Waals surface area (Å²) in [6.45, 7) is 1.79. The van der Waals surface area contributed by atoms with Crippen LogP contribution in [0.15, 0.2) is 22.2 Å². The first-order chi connectivity index (χ1) is 8.08. The highest BCUT2D eigenvalue weighted by Crippen LogP contribution is 2.23. The summed E-state index contributed by atoms with van der Waals surface area (Å²) in [4.78, 5) is 20.5. The minimum Gasteiger partial charge on any atom is -0.397 e. The highest BCUT2D eigenvalue weighted by molar-refractivity contribution is 9.10. The lowest BCUT2D eigenvalue weighted by Gasteiger charge is -2.05. The first-order valence-corrected chi connectivity index (χ1v) is 6.37. The Kier molecular flexibility index (Phi) is 3.39. The minimum atomic E-state index is -0.219. The van der Waals surface area contributed by atoms with Crippen LogP contribution >= 0.6 is 27.3 Å². The van der Waals surface area contributed by atoms with Crippen molar-refractivity contribution < 1.29 is 4.79 Å². The van der Waals surface area contributed by atoms with Gasteiger partial charge in [-0.3, -0.25) is 4.79 Å². The van der Waals surface area contributed by atoms with E-state index in [1.807, 2.05) is 0 Å². The van der Waals surface area contributed by atoms with Gasteiger partial charge in [0.1, 0.15) is 10.7 Å². The van der Waals surface area contributed by atoms with E-state index >= 15 is 0 Å². The largest absolute Gasteiger partial charge is 0.397 e. The van der Waals surface area contributed by atoms with Crippen LogP contribution < -0.4 is 11.1 Å². The molecular formula is C10H9BrN4OS. The van der Waals surface area contributed by atoms with Crippen molar-refractivity contribution in [3.8, 4) is 0 Å². The molecule has 0 bridgehead atoms. The number of amides is 1. The molecule has 0 fully saturated rings. The van der Waals surface area contributed by atoms with Crippen LogP contribution in [0.3, 0.4) is 0 Å². The Morgan fingerprint density at radius 3 is 2.88 bits per heavy atom. The van der Waals surface area contributed by atoms with Crippen molar-refractivity contribution in [3.63, 3.8) is 0 Å². The lowest BCUT2D eigenvalue weighted by molar-refractivity contribution is 0.102. The summed E-state index contributed by atoms with van der Waals surface area (Å²) in [6.07, 6.45) is 1.49. The standard InChI is InChI=1S/C10H9BrN4OS/c1-5-8(17-4-14-5)10(16)15-9-7(11)2-6(12)3-13-9/h2-4H,12H2,1H3,(H,13,15,16). The Labute approximate surface area is 110 Å². The molecule has 0 saturated carbocycles. The number of rotatable bonds is 2. The average Bonchev–Trinajstić information content (AvgIpc) is 2.68. The van der Waals surface area contributed by atoms with Crippen LogP contribution in [0.1, 0.15) is 15.4 Å². The Morgan fingerprint density at radius 2 is 2.29 bits per heavy atom. The maximum atomic E-state index is 11.9. The number of aryl methyl sites for hydroxylation is 1. The maximum absolute atomic E-state index is 11.9. The van der Waals surface area contributed by atoms with Crippen LogP contribution in [-0.2, 0) is 0 Å². The van der Waals surface area contributed by atoms with Gasteiger partial charge in [-0.25, -0.2) is 9.97 Å². The van der Waals surface area contributed by atoms with Crippen molar-refractivity contribution in [1.29, 1.82) is 0 Å². The molecule has 1 amide bonds. The number of carbonyl (C=O) groups excluding carboxylic acids is 1. The van der Waals surface area contributed by atoms with E-state index in [1.54, 1.807) is 18.5 Å². The van der Waals surface area contributed by atoms with E-state index in [0.29, 0.717) is 26.5 Å². The molecule has 0 atom stereocenters. The number of nitrogens with two attached hydrogens (primary N) is 1. The van der Waals surface area contributed by atoms with E-state index in [1.165, 1.54) is 17.5 Å². The normalized spacial score (nSPS) is 10.2. The average molecular weight is 313 g/mol. The van der Waals surface area contributed by atoms with Gasteiger partial charge >= 0.3 is 0 Å². The number of hydrogen-bond donors (Lipinski definition) is 2. The van der Waals surface area contributed by atoms with E-state index in [9.17, 15) is 4.79 Å². The number of pyridine rings is 1. The lowest BCUT2D eigenvalue weighted by atomic mass is 10.3. The minimum absolute atomic E-state index is 0.219. The fourth-order valence-corrected chi connectivity index (χ4v) is 2.39. The molecule has 0 radical (unpaired) electrons. The number of carbonyl (C=O) groups is 1. The smallest absolute Gasteiger partial charge is 0.268 e. The van der Waals surface area contributed by atoms with E-state index < -0.39 is 0 Å². The van der Waals surface area contributed by atoms with Gasteiger partial charge in [0.25, 0.3) is 5.91 Å². The highest BCUT2D eigenvalue weighted by Gasteiger charge is 2.13. The zero-order valence-corrected chi connectivity index (χ0v) is 11.3. The van der Waals surface area contributed by atoms with Gasteiger partial charge in [-0.05, 0) is 28.9 Å². The molecule has 2 aromatic rings. The van der Waals surface area contributed by atoms with Gasteiger partial charge in [0.2, 0.25) is 0 Å². The van der Waals surface area contributed by atoms with E-state index in [2.05, 4.69) is 31.2 Å². The number of halogens is 1. The Balaban J connectivity index is 2.22. The van der Waals surface area contributed by atoms with Gasteiger partial charge < -0.3 is 11.1 Å². The molecule has 0 spiro atoms. The number of aromatic nitrogens is 2. The monoisotopic (exact) mass is 312 g/mol. The Hall–Kier alpha value is -1.47. The van der Waals surface area contributed by atoms with Crippen molar-refractivity contribution in [1.82, 2.24) is 9.97 Å². The molecule has 7 heteroatoms. The summed E-state index contributed by atoms with van der Waals surface area (Å²) in [5.74, 6) is 0.222. The van der Waals surface area contributed by atoms with Crippen molar-refractivity contribution in [3.05, 3.63) is 32.8 Å². The van der Waals surface area contributed by atoms with Crippen LogP contribution in [0.2, 0.25) is 0 Å². The summed E-state index contributed by atoms with van der Waals surface area (Å²) < 4.78 is 0.646. The van der Waals surface area contributed by atoms with Crippen LogP contribution in [0.25, 0.3) is 0 Å². The summed E-state index contributed by atoms with van der Waals surface area (Å²) in [6, 6.07) is 1.68. The van der Waals surface area contributed by atoms with Gasteiger partial charge in [-0.15, -0.1) is 11.3 Å². The Morgan fingerprint density at radius 1 is 1.53 bits per heavy atom. The third-order valence-electron chi connectivity index (χ3n) is 2.05. The molecule has 0 aromatic carbocycles. The van der Waals surface area contributed by atoms with E-state index in [0.717, 1.165) is 0 Å². The molecule has 88 valence electrons.